The zero-order chi connectivity index (χ0) is 21.5. The molecule has 0 spiro atoms. The van der Waals surface area contributed by atoms with Gasteiger partial charge in [0.05, 0.1) is 16.9 Å². The van der Waals surface area contributed by atoms with Crippen LogP contribution in [0.15, 0.2) is 53.5 Å². The first-order valence-electron chi connectivity index (χ1n) is 9.14. The summed E-state index contributed by atoms with van der Waals surface area (Å²) < 4.78 is 5.66. The summed E-state index contributed by atoms with van der Waals surface area (Å²) in [7, 11) is 0. The number of carbonyl (C=O) groups is 1. The lowest BCUT2D eigenvalue weighted by Crippen LogP contribution is -2.17. The zero-order valence-corrected chi connectivity index (χ0v) is 17.7. The third-order valence-corrected chi connectivity index (χ3v) is 5.01. The maximum absolute atomic E-state index is 12.0. The number of benzene rings is 2. The number of rotatable bonds is 4. The monoisotopic (exact) mass is 441 g/mol. The Hall–Kier alpha value is -2.96. The maximum atomic E-state index is 12.0. The molecule has 0 saturated carbocycles. The standard InChI is InChI=1S/C22H17Cl2N3O3/c1-22(2)11-30-20(27-22)18-19(21(28)29)26-17(13-5-9-15(24)10-6-13)16(25-18)12-3-7-14(23)8-4-12/h3-10H,11H2,1-2H3,(H,28,29). The van der Waals surface area contributed by atoms with Gasteiger partial charge in [-0.05, 0) is 38.1 Å². The molecule has 2 heterocycles. The number of aromatic carboxylic acids is 1. The Balaban J connectivity index is 1.99. The van der Waals surface area contributed by atoms with Gasteiger partial charge >= 0.3 is 5.97 Å². The highest BCUT2D eigenvalue weighted by Crippen LogP contribution is 2.32. The number of carboxylic acid groups (broad SMARTS) is 1. The van der Waals surface area contributed by atoms with E-state index in [0.717, 1.165) is 5.56 Å². The van der Waals surface area contributed by atoms with Crippen molar-refractivity contribution in [3.05, 3.63) is 70.0 Å². The average molecular weight is 442 g/mol. The van der Waals surface area contributed by atoms with E-state index in [9.17, 15) is 9.90 Å². The van der Waals surface area contributed by atoms with Gasteiger partial charge in [0.15, 0.2) is 11.4 Å². The van der Waals surface area contributed by atoms with Crippen LogP contribution in [0.1, 0.15) is 30.0 Å². The van der Waals surface area contributed by atoms with Crippen LogP contribution in [0.3, 0.4) is 0 Å². The van der Waals surface area contributed by atoms with E-state index in [1.165, 1.54) is 0 Å². The summed E-state index contributed by atoms with van der Waals surface area (Å²) in [4.78, 5) is 25.6. The van der Waals surface area contributed by atoms with Crippen LogP contribution < -0.4 is 0 Å². The highest BCUT2D eigenvalue weighted by atomic mass is 35.5. The lowest BCUT2D eigenvalue weighted by atomic mass is 10.0. The molecule has 0 atom stereocenters. The molecule has 152 valence electrons. The Kier molecular flexibility index (Phi) is 5.22. The second kappa shape index (κ2) is 7.70. The molecule has 0 bridgehead atoms. The molecule has 4 rings (SSSR count). The summed E-state index contributed by atoms with van der Waals surface area (Å²) in [6, 6.07) is 14.0. The predicted molar refractivity (Wildman–Crippen MR) is 116 cm³/mol. The van der Waals surface area contributed by atoms with E-state index in [-0.39, 0.29) is 17.3 Å². The van der Waals surface area contributed by atoms with Crippen LogP contribution in [0.2, 0.25) is 10.0 Å². The molecule has 0 saturated heterocycles. The number of ether oxygens (including phenoxy) is 1. The minimum absolute atomic E-state index is 0.0933. The summed E-state index contributed by atoms with van der Waals surface area (Å²) in [5, 5.41) is 11.0. The molecule has 30 heavy (non-hydrogen) atoms. The third-order valence-electron chi connectivity index (χ3n) is 4.50. The van der Waals surface area contributed by atoms with Gasteiger partial charge in [-0.25, -0.2) is 19.8 Å². The Labute approximate surface area is 183 Å². The Morgan fingerprint density at radius 1 is 0.900 bits per heavy atom. The van der Waals surface area contributed by atoms with Crippen molar-refractivity contribution in [1.29, 1.82) is 0 Å². The number of aliphatic imine (C=N–C) groups is 1. The third kappa shape index (κ3) is 4.01. The summed E-state index contributed by atoms with van der Waals surface area (Å²) in [6.45, 7) is 4.13. The molecule has 1 aromatic heterocycles. The van der Waals surface area contributed by atoms with Gasteiger partial charge in [-0.2, -0.15) is 0 Å². The summed E-state index contributed by atoms with van der Waals surface area (Å²) in [6.07, 6.45) is 0. The second-order valence-electron chi connectivity index (χ2n) is 7.46. The second-order valence-corrected chi connectivity index (χ2v) is 8.33. The van der Waals surface area contributed by atoms with Gasteiger partial charge in [-0.3, -0.25) is 0 Å². The van der Waals surface area contributed by atoms with Gasteiger partial charge in [0.25, 0.3) is 0 Å². The van der Waals surface area contributed by atoms with Crippen molar-refractivity contribution >= 4 is 35.1 Å². The quantitative estimate of drug-likeness (QED) is 0.587. The molecule has 6 nitrogen and oxygen atoms in total. The van der Waals surface area contributed by atoms with Crippen LogP contribution in [0.5, 0.6) is 0 Å². The molecule has 3 aromatic rings. The fourth-order valence-corrected chi connectivity index (χ4v) is 3.31. The van der Waals surface area contributed by atoms with Crippen LogP contribution in [0, 0.1) is 0 Å². The van der Waals surface area contributed by atoms with Crippen molar-refractivity contribution in [3.63, 3.8) is 0 Å². The summed E-state index contributed by atoms with van der Waals surface area (Å²) >= 11 is 12.1. The van der Waals surface area contributed by atoms with Crippen molar-refractivity contribution in [2.75, 3.05) is 6.61 Å². The minimum atomic E-state index is -1.22. The number of hydrogen-bond donors (Lipinski definition) is 1. The van der Waals surface area contributed by atoms with Crippen LogP contribution in [-0.4, -0.2) is 39.1 Å². The lowest BCUT2D eigenvalue weighted by molar-refractivity contribution is 0.0689. The first-order valence-corrected chi connectivity index (χ1v) is 9.89. The Bertz CT molecular complexity index is 1160. The Morgan fingerprint density at radius 2 is 1.40 bits per heavy atom. The minimum Gasteiger partial charge on any atom is -0.476 e. The van der Waals surface area contributed by atoms with Crippen LogP contribution in [0.25, 0.3) is 22.5 Å². The average Bonchev–Trinajstić information content (AvgIpc) is 3.08. The van der Waals surface area contributed by atoms with Crippen molar-refractivity contribution in [1.82, 2.24) is 9.97 Å². The number of nitrogens with zero attached hydrogens (tertiary/aromatic N) is 3. The molecule has 0 radical (unpaired) electrons. The normalized spacial score (nSPS) is 14.9. The molecule has 1 aliphatic heterocycles. The fraction of sp³-hybridized carbons (Fsp3) is 0.182. The highest BCUT2D eigenvalue weighted by molar-refractivity contribution is 6.31. The number of carboxylic acids is 1. The topological polar surface area (TPSA) is 84.7 Å². The smallest absolute Gasteiger partial charge is 0.357 e. The largest absolute Gasteiger partial charge is 0.476 e. The predicted octanol–water partition coefficient (Wildman–Crippen LogP) is 5.37. The highest BCUT2D eigenvalue weighted by Gasteiger charge is 2.32. The molecule has 0 fully saturated rings. The number of aromatic nitrogens is 2. The molecule has 1 aliphatic rings. The fourth-order valence-electron chi connectivity index (χ4n) is 3.06. The van der Waals surface area contributed by atoms with Gasteiger partial charge in [0.1, 0.15) is 6.61 Å². The van der Waals surface area contributed by atoms with Crippen molar-refractivity contribution in [2.24, 2.45) is 4.99 Å². The van der Waals surface area contributed by atoms with E-state index in [1.807, 2.05) is 13.8 Å². The summed E-state index contributed by atoms with van der Waals surface area (Å²) in [5.74, 6) is -1.05. The molecule has 8 heteroatoms. The van der Waals surface area contributed by atoms with E-state index in [1.54, 1.807) is 48.5 Å². The Morgan fingerprint density at radius 3 is 1.83 bits per heavy atom. The van der Waals surface area contributed by atoms with Gasteiger partial charge in [0.2, 0.25) is 5.90 Å². The molecule has 2 aromatic carbocycles. The van der Waals surface area contributed by atoms with Gasteiger partial charge in [-0.1, -0.05) is 47.5 Å². The van der Waals surface area contributed by atoms with Gasteiger partial charge < -0.3 is 9.84 Å². The van der Waals surface area contributed by atoms with Gasteiger partial charge in [-0.15, -0.1) is 0 Å². The van der Waals surface area contributed by atoms with E-state index in [2.05, 4.69) is 15.0 Å². The van der Waals surface area contributed by atoms with E-state index >= 15 is 0 Å². The van der Waals surface area contributed by atoms with E-state index in [4.69, 9.17) is 27.9 Å². The van der Waals surface area contributed by atoms with Gasteiger partial charge in [0, 0.05) is 21.2 Å². The van der Waals surface area contributed by atoms with Crippen molar-refractivity contribution in [3.8, 4) is 22.5 Å². The van der Waals surface area contributed by atoms with Crippen molar-refractivity contribution < 1.29 is 14.6 Å². The first-order chi connectivity index (χ1) is 14.2. The first kappa shape index (κ1) is 20.3. The maximum Gasteiger partial charge on any atom is 0.357 e. The van der Waals surface area contributed by atoms with Crippen molar-refractivity contribution in [2.45, 2.75) is 19.4 Å². The molecule has 0 amide bonds. The lowest BCUT2D eigenvalue weighted by Gasteiger charge is -2.13. The number of halogens is 2. The molecule has 1 N–H and O–H groups in total. The molecule has 0 unspecified atom stereocenters. The summed E-state index contributed by atoms with van der Waals surface area (Å²) in [5.41, 5.74) is 1.71. The molecular weight excluding hydrogens is 425 g/mol. The molecular formula is C22H17Cl2N3O3. The zero-order valence-electron chi connectivity index (χ0n) is 16.2. The van der Waals surface area contributed by atoms with Crippen LogP contribution in [-0.2, 0) is 4.74 Å². The van der Waals surface area contributed by atoms with Crippen LogP contribution >= 0.6 is 23.2 Å². The molecule has 0 aliphatic carbocycles. The van der Waals surface area contributed by atoms with Crippen LogP contribution in [0.4, 0.5) is 0 Å². The van der Waals surface area contributed by atoms with E-state index in [0.29, 0.717) is 33.6 Å². The van der Waals surface area contributed by atoms with E-state index < -0.39 is 11.5 Å². The SMILES string of the molecule is CC1(C)COC(c2nc(-c3ccc(Cl)cc3)c(-c3ccc(Cl)cc3)nc2C(=O)O)=N1. The number of hydrogen-bond acceptors (Lipinski definition) is 5.